The lowest BCUT2D eigenvalue weighted by atomic mass is 10.3. The molecule has 0 spiro atoms. The Balaban J connectivity index is 2.38. The van der Waals surface area contributed by atoms with Gasteiger partial charge in [0.1, 0.15) is 0 Å². The average molecular weight is 204 g/mol. The molecule has 0 saturated heterocycles. The van der Waals surface area contributed by atoms with Crippen LogP contribution < -0.4 is 10.1 Å². The van der Waals surface area contributed by atoms with E-state index < -0.39 is 0 Å². The summed E-state index contributed by atoms with van der Waals surface area (Å²) in [6.07, 6.45) is 2.62. The van der Waals surface area contributed by atoms with Crippen molar-refractivity contribution in [2.45, 2.75) is 20.3 Å². The highest BCUT2D eigenvalue weighted by atomic mass is 16.5. The van der Waals surface area contributed by atoms with E-state index in [2.05, 4.69) is 22.1 Å². The van der Waals surface area contributed by atoms with Crippen molar-refractivity contribution in [3.63, 3.8) is 0 Å². The summed E-state index contributed by atoms with van der Waals surface area (Å²) in [6.45, 7) is 5.28. The molecule has 1 heterocycles. The number of aromatic nitrogens is 1. The van der Waals surface area contributed by atoms with Crippen LogP contribution in [-0.2, 0) is 0 Å². The van der Waals surface area contributed by atoms with Gasteiger partial charge in [-0.3, -0.25) is 0 Å². The maximum absolute atomic E-state index is 5.24. The maximum Gasteiger partial charge on any atom is 0.213 e. The van der Waals surface area contributed by atoms with Crippen LogP contribution in [0.4, 0.5) is 5.69 Å². The van der Waals surface area contributed by atoms with Crippen molar-refractivity contribution in [1.29, 1.82) is 0 Å². The smallest absolute Gasteiger partial charge is 0.213 e. The summed E-state index contributed by atoms with van der Waals surface area (Å²) >= 11 is 0. The van der Waals surface area contributed by atoms with Gasteiger partial charge >= 0.3 is 0 Å². The van der Waals surface area contributed by atoms with E-state index in [0.29, 0.717) is 12.5 Å². The predicted octanol–water partition coefficient (Wildman–Crippen LogP) is 2.31. The highest BCUT2D eigenvalue weighted by Crippen LogP contribution is 2.11. The zero-order chi connectivity index (χ0) is 10.9. The second-order valence-electron chi connectivity index (χ2n) is 2.92. The van der Waals surface area contributed by atoms with Gasteiger partial charge in [0, 0.05) is 19.0 Å². The molecule has 1 aromatic rings. The van der Waals surface area contributed by atoms with Crippen LogP contribution in [0.15, 0.2) is 18.3 Å². The lowest BCUT2D eigenvalue weighted by molar-refractivity contribution is 0.327. The molecular weight excluding hydrogens is 188 g/mol. The first-order chi connectivity index (χ1) is 7.36. The van der Waals surface area contributed by atoms with Crippen molar-refractivity contribution in [2.24, 2.45) is 0 Å². The van der Waals surface area contributed by atoms with E-state index in [1.807, 2.05) is 26.0 Å². The normalized spacial score (nSPS) is 8.93. The van der Waals surface area contributed by atoms with E-state index >= 15 is 0 Å². The van der Waals surface area contributed by atoms with Crippen molar-refractivity contribution in [3.05, 3.63) is 18.3 Å². The molecule has 1 rings (SSSR count). The van der Waals surface area contributed by atoms with Crippen LogP contribution in [0.2, 0.25) is 0 Å². The molecule has 80 valence electrons. The molecule has 0 atom stereocenters. The fraction of sp³-hybridized carbons (Fsp3) is 0.417. The molecule has 0 aliphatic heterocycles. The van der Waals surface area contributed by atoms with E-state index in [0.717, 1.165) is 18.7 Å². The Morgan fingerprint density at radius 3 is 2.93 bits per heavy atom. The fourth-order valence-corrected chi connectivity index (χ4v) is 1.11. The Hall–Kier alpha value is -1.69. The largest absolute Gasteiger partial charge is 0.478 e. The third-order valence-electron chi connectivity index (χ3n) is 1.78. The van der Waals surface area contributed by atoms with Crippen molar-refractivity contribution >= 4 is 5.69 Å². The first kappa shape index (κ1) is 11.4. The predicted molar refractivity (Wildman–Crippen MR) is 62.0 cm³/mol. The van der Waals surface area contributed by atoms with Gasteiger partial charge in [-0.1, -0.05) is 0 Å². The first-order valence-corrected chi connectivity index (χ1v) is 5.09. The topological polar surface area (TPSA) is 34.1 Å². The Labute approximate surface area is 90.9 Å². The van der Waals surface area contributed by atoms with Gasteiger partial charge in [0.15, 0.2) is 0 Å². The fourth-order valence-electron chi connectivity index (χ4n) is 1.11. The van der Waals surface area contributed by atoms with Gasteiger partial charge in [0.25, 0.3) is 0 Å². The van der Waals surface area contributed by atoms with Gasteiger partial charge in [-0.2, -0.15) is 0 Å². The minimum absolute atomic E-state index is 0.645. The first-order valence-electron chi connectivity index (χ1n) is 5.09. The van der Waals surface area contributed by atoms with Crippen LogP contribution >= 0.6 is 0 Å². The molecule has 0 aromatic carbocycles. The second kappa shape index (κ2) is 6.72. The number of nitrogens with zero attached hydrogens (tertiary/aromatic N) is 1. The van der Waals surface area contributed by atoms with Crippen LogP contribution in [0.25, 0.3) is 0 Å². The minimum Gasteiger partial charge on any atom is -0.478 e. The van der Waals surface area contributed by atoms with Gasteiger partial charge in [0.2, 0.25) is 5.88 Å². The zero-order valence-corrected chi connectivity index (χ0v) is 9.21. The lowest BCUT2D eigenvalue weighted by Crippen LogP contribution is -2.01. The molecule has 3 heteroatoms. The second-order valence-corrected chi connectivity index (χ2v) is 2.92. The summed E-state index contributed by atoms with van der Waals surface area (Å²) in [5.74, 6) is 6.51. The molecule has 0 bridgehead atoms. The van der Waals surface area contributed by atoms with Gasteiger partial charge in [0.05, 0.1) is 18.5 Å². The monoisotopic (exact) mass is 204 g/mol. The summed E-state index contributed by atoms with van der Waals surface area (Å²) in [7, 11) is 0. The highest BCUT2D eigenvalue weighted by molar-refractivity contribution is 5.42. The standard InChI is InChI=1S/C12H16N2O/c1-3-5-6-9-13-11-7-8-12(14-10-11)15-4-2/h7-8,10,13H,4,6,9H2,1-2H3. The molecule has 0 aliphatic rings. The third-order valence-corrected chi connectivity index (χ3v) is 1.78. The van der Waals surface area contributed by atoms with Crippen LogP contribution in [0.5, 0.6) is 5.88 Å². The van der Waals surface area contributed by atoms with Crippen molar-refractivity contribution < 1.29 is 4.74 Å². The molecule has 0 fully saturated rings. The summed E-state index contributed by atoms with van der Waals surface area (Å²) in [5, 5.41) is 3.23. The van der Waals surface area contributed by atoms with Crippen molar-refractivity contribution in [3.8, 4) is 17.7 Å². The van der Waals surface area contributed by atoms with Crippen LogP contribution in [0, 0.1) is 11.8 Å². The quantitative estimate of drug-likeness (QED) is 0.590. The van der Waals surface area contributed by atoms with Gasteiger partial charge < -0.3 is 10.1 Å². The SMILES string of the molecule is CC#CCCNc1ccc(OCC)nc1. The highest BCUT2D eigenvalue weighted by Gasteiger charge is 1.94. The van der Waals surface area contributed by atoms with Crippen molar-refractivity contribution in [2.75, 3.05) is 18.5 Å². The number of ether oxygens (including phenoxy) is 1. The Bertz CT molecular complexity index is 335. The van der Waals surface area contributed by atoms with Gasteiger partial charge in [-0.15, -0.1) is 11.8 Å². The minimum atomic E-state index is 0.645. The Kier molecular flexibility index (Phi) is 5.10. The summed E-state index contributed by atoms with van der Waals surface area (Å²) in [5.41, 5.74) is 0.997. The zero-order valence-electron chi connectivity index (χ0n) is 9.21. The molecule has 1 N–H and O–H groups in total. The molecule has 0 aliphatic carbocycles. The number of hydrogen-bond donors (Lipinski definition) is 1. The molecule has 3 nitrogen and oxygen atoms in total. The third kappa shape index (κ3) is 4.37. The van der Waals surface area contributed by atoms with Crippen molar-refractivity contribution in [1.82, 2.24) is 4.98 Å². The number of rotatable bonds is 5. The number of anilines is 1. The van der Waals surface area contributed by atoms with E-state index in [-0.39, 0.29) is 0 Å². The summed E-state index contributed by atoms with van der Waals surface area (Å²) in [6, 6.07) is 3.81. The molecule has 0 unspecified atom stereocenters. The average Bonchev–Trinajstić information content (AvgIpc) is 2.27. The molecule has 0 saturated carbocycles. The van der Waals surface area contributed by atoms with Gasteiger partial charge in [-0.25, -0.2) is 4.98 Å². The molecular formula is C12H16N2O. The summed E-state index contributed by atoms with van der Waals surface area (Å²) < 4.78 is 5.24. The number of nitrogens with one attached hydrogen (secondary N) is 1. The van der Waals surface area contributed by atoms with Gasteiger partial charge in [-0.05, 0) is 19.9 Å². The molecule has 15 heavy (non-hydrogen) atoms. The van der Waals surface area contributed by atoms with E-state index in [9.17, 15) is 0 Å². The molecule has 0 radical (unpaired) electrons. The Morgan fingerprint density at radius 1 is 1.47 bits per heavy atom. The molecule has 1 aromatic heterocycles. The lowest BCUT2D eigenvalue weighted by Gasteiger charge is -2.05. The molecule has 0 amide bonds. The van der Waals surface area contributed by atoms with E-state index in [1.54, 1.807) is 6.20 Å². The number of hydrogen-bond acceptors (Lipinski definition) is 3. The Morgan fingerprint density at radius 2 is 2.33 bits per heavy atom. The maximum atomic E-state index is 5.24. The summed E-state index contributed by atoms with van der Waals surface area (Å²) in [4.78, 5) is 4.15. The van der Waals surface area contributed by atoms with Crippen LogP contribution in [0.1, 0.15) is 20.3 Å². The van der Waals surface area contributed by atoms with Crippen LogP contribution in [0.3, 0.4) is 0 Å². The van der Waals surface area contributed by atoms with E-state index in [1.165, 1.54) is 0 Å². The number of pyridine rings is 1. The van der Waals surface area contributed by atoms with Crippen LogP contribution in [-0.4, -0.2) is 18.1 Å². The van der Waals surface area contributed by atoms with E-state index in [4.69, 9.17) is 4.74 Å².